The van der Waals surface area contributed by atoms with E-state index in [-0.39, 0.29) is 24.3 Å². The monoisotopic (exact) mass is 263 g/mol. The van der Waals surface area contributed by atoms with E-state index in [2.05, 4.69) is 5.32 Å². The number of ketones is 1. The van der Waals surface area contributed by atoms with Crippen LogP contribution in [0.1, 0.15) is 43.1 Å². The van der Waals surface area contributed by atoms with Gasteiger partial charge < -0.3 is 10.1 Å². The zero-order valence-corrected chi connectivity index (χ0v) is 11.9. The number of amides is 1. The van der Waals surface area contributed by atoms with Crippen molar-refractivity contribution in [2.24, 2.45) is 0 Å². The van der Waals surface area contributed by atoms with Crippen LogP contribution in [-0.4, -0.2) is 24.3 Å². The van der Waals surface area contributed by atoms with Crippen LogP contribution in [0.4, 0.5) is 0 Å². The second kappa shape index (κ2) is 6.92. The summed E-state index contributed by atoms with van der Waals surface area (Å²) in [4.78, 5) is 23.1. The van der Waals surface area contributed by atoms with Crippen LogP contribution in [0, 0.1) is 6.92 Å². The normalized spacial score (nSPS) is 11.8. The Balaban J connectivity index is 2.69. The summed E-state index contributed by atoms with van der Waals surface area (Å²) < 4.78 is 5.45. The topological polar surface area (TPSA) is 55.4 Å². The van der Waals surface area contributed by atoms with Gasteiger partial charge in [0.2, 0.25) is 0 Å². The molecule has 0 bridgehead atoms. The van der Waals surface area contributed by atoms with E-state index in [1.54, 1.807) is 12.1 Å². The van der Waals surface area contributed by atoms with E-state index in [4.69, 9.17) is 4.74 Å². The summed E-state index contributed by atoms with van der Waals surface area (Å²) in [6.07, 6.45) is 0.870. The Labute approximate surface area is 114 Å². The molecule has 0 radical (unpaired) electrons. The van der Waals surface area contributed by atoms with Crippen LogP contribution in [0.2, 0.25) is 0 Å². The van der Waals surface area contributed by atoms with Crippen LogP contribution in [0.5, 0.6) is 5.75 Å². The summed E-state index contributed by atoms with van der Waals surface area (Å²) in [6.45, 7) is 7.26. The number of nitrogens with one attached hydrogen (secondary N) is 1. The highest BCUT2D eigenvalue weighted by Crippen LogP contribution is 2.20. The minimum atomic E-state index is -0.176. The van der Waals surface area contributed by atoms with Crippen LogP contribution in [0.15, 0.2) is 18.2 Å². The lowest BCUT2D eigenvalue weighted by molar-refractivity contribution is -0.123. The number of hydrogen-bond donors (Lipinski definition) is 1. The molecule has 0 aliphatic carbocycles. The molecule has 0 fully saturated rings. The van der Waals surface area contributed by atoms with Crippen LogP contribution in [-0.2, 0) is 4.79 Å². The Kier molecular flexibility index (Phi) is 5.55. The molecule has 1 rings (SSSR count). The molecule has 0 aliphatic rings. The molecule has 1 atom stereocenters. The first kappa shape index (κ1) is 15.2. The predicted octanol–water partition coefficient (Wildman–Crippen LogP) is 2.49. The van der Waals surface area contributed by atoms with Gasteiger partial charge in [0.25, 0.3) is 5.91 Å². The standard InChI is InChI=1S/C15H21NO3/c1-5-11(3)16-15(18)9-19-14-8-10(2)6-7-13(14)12(4)17/h6-8,11H,5,9H2,1-4H3,(H,16,18). The number of carbonyl (C=O) groups is 2. The fraction of sp³-hybridized carbons (Fsp3) is 0.467. The van der Waals surface area contributed by atoms with Crippen LogP contribution >= 0.6 is 0 Å². The zero-order chi connectivity index (χ0) is 14.4. The van der Waals surface area contributed by atoms with Crippen molar-refractivity contribution in [1.82, 2.24) is 5.32 Å². The number of rotatable bonds is 6. The summed E-state index contributed by atoms with van der Waals surface area (Å²) >= 11 is 0. The van der Waals surface area contributed by atoms with Gasteiger partial charge in [-0.1, -0.05) is 13.0 Å². The van der Waals surface area contributed by atoms with E-state index < -0.39 is 0 Å². The van der Waals surface area contributed by atoms with Crippen LogP contribution < -0.4 is 10.1 Å². The Morgan fingerprint density at radius 2 is 2.05 bits per heavy atom. The minimum absolute atomic E-state index is 0.0719. The van der Waals surface area contributed by atoms with Gasteiger partial charge in [0.1, 0.15) is 5.75 Å². The Hall–Kier alpha value is -1.84. The Morgan fingerprint density at radius 3 is 2.63 bits per heavy atom. The van der Waals surface area contributed by atoms with E-state index in [0.29, 0.717) is 11.3 Å². The third-order valence-electron chi connectivity index (χ3n) is 2.89. The summed E-state index contributed by atoms with van der Waals surface area (Å²) in [5, 5.41) is 2.81. The summed E-state index contributed by atoms with van der Waals surface area (Å²) in [7, 11) is 0. The SMILES string of the molecule is CCC(C)NC(=O)COc1cc(C)ccc1C(C)=O. The van der Waals surface area contributed by atoms with Gasteiger partial charge in [-0.2, -0.15) is 0 Å². The lowest BCUT2D eigenvalue weighted by atomic mass is 10.1. The van der Waals surface area contributed by atoms with Gasteiger partial charge in [0.15, 0.2) is 12.4 Å². The maximum absolute atomic E-state index is 11.6. The van der Waals surface area contributed by atoms with Crippen molar-refractivity contribution >= 4 is 11.7 Å². The zero-order valence-electron chi connectivity index (χ0n) is 11.9. The van der Waals surface area contributed by atoms with Gasteiger partial charge in [0, 0.05) is 6.04 Å². The number of Topliss-reactive ketones (excluding diaryl/α,β-unsaturated/α-hetero) is 1. The van der Waals surface area contributed by atoms with Crippen molar-refractivity contribution in [3.05, 3.63) is 29.3 Å². The number of aryl methyl sites for hydroxylation is 1. The van der Waals surface area contributed by atoms with Crippen molar-refractivity contribution in [2.45, 2.75) is 40.2 Å². The lowest BCUT2D eigenvalue weighted by Crippen LogP contribution is -2.35. The molecule has 0 saturated carbocycles. The second-order valence-electron chi connectivity index (χ2n) is 4.72. The van der Waals surface area contributed by atoms with Gasteiger partial charge in [-0.25, -0.2) is 0 Å². The minimum Gasteiger partial charge on any atom is -0.483 e. The molecule has 0 spiro atoms. The van der Waals surface area contributed by atoms with Crippen molar-refractivity contribution in [1.29, 1.82) is 0 Å². The Bertz CT molecular complexity index is 468. The third-order valence-corrected chi connectivity index (χ3v) is 2.89. The maximum Gasteiger partial charge on any atom is 0.258 e. The molecule has 1 aromatic carbocycles. The average Bonchev–Trinajstić information content (AvgIpc) is 2.35. The Morgan fingerprint density at radius 1 is 1.37 bits per heavy atom. The van der Waals surface area contributed by atoms with E-state index in [9.17, 15) is 9.59 Å². The van der Waals surface area contributed by atoms with E-state index in [1.165, 1.54) is 6.92 Å². The first-order valence-electron chi connectivity index (χ1n) is 6.47. The molecule has 1 amide bonds. The molecule has 0 aliphatic heterocycles. The van der Waals surface area contributed by atoms with Crippen molar-refractivity contribution < 1.29 is 14.3 Å². The molecule has 4 heteroatoms. The molecule has 0 aromatic heterocycles. The maximum atomic E-state index is 11.6. The number of benzene rings is 1. The molecule has 1 aromatic rings. The van der Waals surface area contributed by atoms with E-state index >= 15 is 0 Å². The molecule has 1 unspecified atom stereocenters. The summed E-state index contributed by atoms with van der Waals surface area (Å²) in [5.74, 6) is 0.217. The molecule has 0 heterocycles. The molecule has 0 saturated heterocycles. The fourth-order valence-electron chi connectivity index (χ4n) is 1.60. The van der Waals surface area contributed by atoms with Crippen molar-refractivity contribution in [3.63, 3.8) is 0 Å². The highest BCUT2D eigenvalue weighted by Gasteiger charge is 2.11. The van der Waals surface area contributed by atoms with Gasteiger partial charge >= 0.3 is 0 Å². The second-order valence-corrected chi connectivity index (χ2v) is 4.72. The number of hydrogen-bond acceptors (Lipinski definition) is 3. The van der Waals surface area contributed by atoms with Crippen LogP contribution in [0.25, 0.3) is 0 Å². The third kappa shape index (κ3) is 4.73. The van der Waals surface area contributed by atoms with E-state index in [0.717, 1.165) is 12.0 Å². The average molecular weight is 263 g/mol. The predicted molar refractivity (Wildman–Crippen MR) is 74.6 cm³/mol. The van der Waals surface area contributed by atoms with Crippen molar-refractivity contribution in [2.75, 3.05) is 6.61 Å². The van der Waals surface area contributed by atoms with Gasteiger partial charge in [-0.05, 0) is 44.9 Å². The molecular formula is C15H21NO3. The highest BCUT2D eigenvalue weighted by atomic mass is 16.5. The molecule has 1 N–H and O–H groups in total. The largest absolute Gasteiger partial charge is 0.483 e. The van der Waals surface area contributed by atoms with Crippen LogP contribution in [0.3, 0.4) is 0 Å². The number of carbonyl (C=O) groups excluding carboxylic acids is 2. The molecular weight excluding hydrogens is 242 g/mol. The number of ether oxygens (including phenoxy) is 1. The smallest absolute Gasteiger partial charge is 0.258 e. The summed E-state index contributed by atoms with van der Waals surface area (Å²) in [5.41, 5.74) is 1.49. The first-order valence-corrected chi connectivity index (χ1v) is 6.47. The van der Waals surface area contributed by atoms with Crippen molar-refractivity contribution in [3.8, 4) is 5.75 Å². The molecule has 19 heavy (non-hydrogen) atoms. The van der Waals surface area contributed by atoms with E-state index in [1.807, 2.05) is 26.8 Å². The summed E-state index contributed by atoms with van der Waals surface area (Å²) in [6, 6.07) is 5.47. The molecule has 4 nitrogen and oxygen atoms in total. The quantitative estimate of drug-likeness (QED) is 0.802. The van der Waals surface area contributed by atoms with Gasteiger partial charge in [-0.3, -0.25) is 9.59 Å². The highest BCUT2D eigenvalue weighted by molar-refractivity contribution is 5.97. The van der Waals surface area contributed by atoms with Gasteiger partial charge in [0.05, 0.1) is 5.56 Å². The molecule has 104 valence electrons. The fourth-order valence-corrected chi connectivity index (χ4v) is 1.60. The first-order chi connectivity index (χ1) is 8.93. The van der Waals surface area contributed by atoms with Gasteiger partial charge in [-0.15, -0.1) is 0 Å². The lowest BCUT2D eigenvalue weighted by Gasteiger charge is -2.13.